The maximum absolute atomic E-state index is 12.5. The molecule has 0 fully saturated rings. The van der Waals surface area contributed by atoms with Crippen molar-refractivity contribution in [1.82, 2.24) is 14.5 Å². The van der Waals surface area contributed by atoms with Gasteiger partial charge in [-0.1, -0.05) is 6.07 Å². The van der Waals surface area contributed by atoms with Gasteiger partial charge < -0.3 is 15.0 Å². The van der Waals surface area contributed by atoms with Crippen molar-refractivity contribution >= 4 is 28.9 Å². The highest BCUT2D eigenvalue weighted by Crippen LogP contribution is 2.18. The van der Waals surface area contributed by atoms with Crippen molar-refractivity contribution in [2.45, 2.75) is 26.8 Å². The molecule has 0 aromatic carbocycles. The second-order valence-electron chi connectivity index (χ2n) is 6.06. The van der Waals surface area contributed by atoms with E-state index in [4.69, 9.17) is 10.5 Å². The quantitative estimate of drug-likeness (QED) is 0.497. The molecule has 0 aliphatic carbocycles. The monoisotopic (exact) mass is 384 g/mol. The Kier molecular flexibility index (Phi) is 5.66. The molecule has 0 spiro atoms. The molecule has 7 nitrogen and oxygen atoms in total. The number of aromatic nitrogens is 3. The number of anilines is 1. The number of hydrogen-bond acceptors (Lipinski definition) is 7. The fourth-order valence-corrected chi connectivity index (χ4v) is 3.59. The molecule has 0 aliphatic heterocycles. The zero-order chi connectivity index (χ0) is 19.4. The number of nitrogen functional groups attached to an aromatic ring is 1. The van der Waals surface area contributed by atoms with Gasteiger partial charge in [-0.05, 0) is 37.8 Å². The van der Waals surface area contributed by atoms with E-state index in [1.54, 1.807) is 11.3 Å². The van der Waals surface area contributed by atoms with Gasteiger partial charge in [0.2, 0.25) is 5.78 Å². The molecule has 3 rings (SSSR count). The van der Waals surface area contributed by atoms with Crippen molar-refractivity contribution in [2.75, 3.05) is 12.3 Å². The highest BCUT2D eigenvalue weighted by molar-refractivity contribution is 7.09. The van der Waals surface area contributed by atoms with E-state index in [9.17, 15) is 9.59 Å². The van der Waals surface area contributed by atoms with Crippen molar-refractivity contribution in [1.29, 1.82) is 0 Å². The zero-order valence-electron chi connectivity index (χ0n) is 15.1. The minimum absolute atomic E-state index is 0.0262. The molecule has 2 N–H and O–H groups in total. The molecule has 0 saturated carbocycles. The molecule has 3 aromatic rings. The van der Waals surface area contributed by atoms with E-state index < -0.39 is 5.97 Å². The van der Waals surface area contributed by atoms with Gasteiger partial charge in [0.05, 0.1) is 0 Å². The van der Waals surface area contributed by atoms with Crippen LogP contribution in [0.2, 0.25) is 0 Å². The minimum Gasteiger partial charge on any atom is -0.452 e. The number of rotatable bonds is 7. The summed E-state index contributed by atoms with van der Waals surface area (Å²) >= 11 is 1.72. The molecule has 0 amide bonds. The van der Waals surface area contributed by atoms with Gasteiger partial charge in [0.25, 0.3) is 0 Å². The SMILES string of the molecule is Cc1cc(C(=O)COC(=O)c2nccnc2N)c(C)n1CCc1cccs1. The van der Waals surface area contributed by atoms with Gasteiger partial charge in [0.1, 0.15) is 0 Å². The lowest BCUT2D eigenvalue weighted by Crippen LogP contribution is -2.17. The standard InChI is InChI=1S/C19H20N4O3S/c1-12-10-15(13(2)23(12)8-5-14-4-3-9-27-14)16(24)11-26-19(25)17-18(20)22-7-6-21-17/h3-4,6-7,9-10H,5,8,11H2,1-2H3,(H2,20,22). The van der Waals surface area contributed by atoms with E-state index in [-0.39, 0.29) is 23.9 Å². The zero-order valence-corrected chi connectivity index (χ0v) is 16.0. The average Bonchev–Trinajstić information content (AvgIpc) is 3.26. The lowest BCUT2D eigenvalue weighted by atomic mass is 10.1. The predicted molar refractivity (Wildman–Crippen MR) is 103 cm³/mol. The number of carbonyl (C=O) groups is 2. The van der Waals surface area contributed by atoms with E-state index >= 15 is 0 Å². The Labute approximate surface area is 160 Å². The van der Waals surface area contributed by atoms with E-state index in [1.165, 1.54) is 17.3 Å². The third-order valence-electron chi connectivity index (χ3n) is 4.29. The molecule has 140 valence electrons. The molecule has 0 bridgehead atoms. The lowest BCUT2D eigenvalue weighted by Gasteiger charge is -2.09. The third kappa shape index (κ3) is 4.22. The number of thiophene rings is 1. The molecule has 0 radical (unpaired) electrons. The summed E-state index contributed by atoms with van der Waals surface area (Å²) in [5, 5.41) is 2.05. The number of aryl methyl sites for hydroxylation is 2. The average molecular weight is 384 g/mol. The molecular weight excluding hydrogens is 364 g/mol. The summed E-state index contributed by atoms with van der Waals surface area (Å²) in [5.41, 5.74) is 7.92. The minimum atomic E-state index is -0.763. The highest BCUT2D eigenvalue weighted by Gasteiger charge is 2.19. The second-order valence-corrected chi connectivity index (χ2v) is 7.09. The van der Waals surface area contributed by atoms with Gasteiger partial charge >= 0.3 is 5.97 Å². The number of esters is 1. The third-order valence-corrected chi connectivity index (χ3v) is 5.23. The molecule has 27 heavy (non-hydrogen) atoms. The van der Waals surface area contributed by atoms with Crippen LogP contribution in [-0.2, 0) is 17.7 Å². The van der Waals surface area contributed by atoms with Crippen molar-refractivity contribution in [3.63, 3.8) is 0 Å². The Balaban J connectivity index is 1.65. The molecule has 3 aromatic heterocycles. The van der Waals surface area contributed by atoms with Crippen molar-refractivity contribution < 1.29 is 14.3 Å². The van der Waals surface area contributed by atoms with Crippen LogP contribution in [0.4, 0.5) is 5.82 Å². The largest absolute Gasteiger partial charge is 0.452 e. The second kappa shape index (κ2) is 8.13. The van der Waals surface area contributed by atoms with E-state index in [0.29, 0.717) is 5.56 Å². The summed E-state index contributed by atoms with van der Waals surface area (Å²) < 4.78 is 7.18. The van der Waals surface area contributed by atoms with Crippen LogP contribution in [0.5, 0.6) is 0 Å². The van der Waals surface area contributed by atoms with Crippen LogP contribution >= 0.6 is 11.3 Å². The Morgan fingerprint density at radius 3 is 2.74 bits per heavy atom. The molecule has 3 heterocycles. The van der Waals surface area contributed by atoms with Gasteiger partial charge in [0, 0.05) is 40.8 Å². The Morgan fingerprint density at radius 2 is 2.04 bits per heavy atom. The smallest absolute Gasteiger partial charge is 0.361 e. The summed E-state index contributed by atoms with van der Waals surface area (Å²) in [4.78, 5) is 33.5. The van der Waals surface area contributed by atoms with Crippen molar-refractivity contribution in [3.8, 4) is 0 Å². The molecule has 0 saturated heterocycles. The van der Waals surface area contributed by atoms with Crippen molar-refractivity contribution in [2.24, 2.45) is 0 Å². The number of nitrogens with zero attached hydrogens (tertiary/aromatic N) is 3. The van der Waals surface area contributed by atoms with Crippen LogP contribution in [0.1, 0.15) is 37.1 Å². The Morgan fingerprint density at radius 1 is 1.26 bits per heavy atom. The fraction of sp³-hybridized carbons (Fsp3) is 0.263. The van der Waals surface area contributed by atoms with Gasteiger partial charge in [0.15, 0.2) is 18.1 Å². The first-order valence-electron chi connectivity index (χ1n) is 8.43. The first-order valence-corrected chi connectivity index (χ1v) is 9.31. The van der Waals surface area contributed by atoms with Crippen LogP contribution in [0, 0.1) is 13.8 Å². The first-order chi connectivity index (χ1) is 13.0. The number of nitrogens with two attached hydrogens (primary N) is 1. The maximum atomic E-state index is 12.5. The van der Waals surface area contributed by atoms with Crippen LogP contribution in [-0.4, -0.2) is 32.9 Å². The summed E-state index contributed by atoms with van der Waals surface area (Å²) in [6, 6.07) is 5.96. The molecule has 0 aliphatic rings. The molecule has 0 unspecified atom stereocenters. The van der Waals surface area contributed by atoms with Gasteiger partial charge in [-0.2, -0.15) is 0 Å². The molecule has 0 atom stereocenters. The van der Waals surface area contributed by atoms with Crippen LogP contribution in [0.15, 0.2) is 36.0 Å². The van der Waals surface area contributed by atoms with Crippen molar-refractivity contribution in [3.05, 3.63) is 63.5 Å². The lowest BCUT2D eigenvalue weighted by molar-refractivity contribution is 0.0469. The summed E-state index contributed by atoms with van der Waals surface area (Å²) in [5.74, 6) is -1.05. The Bertz CT molecular complexity index is 964. The Hall–Kier alpha value is -3.00. The molecule has 8 heteroatoms. The summed E-state index contributed by atoms with van der Waals surface area (Å²) in [6.07, 6.45) is 3.63. The first kappa shape index (κ1) is 18.8. The molecular formula is C19H20N4O3S. The number of ketones is 1. The highest BCUT2D eigenvalue weighted by atomic mass is 32.1. The number of ether oxygens (including phenoxy) is 1. The number of Topliss-reactive ketones (excluding diaryl/α,β-unsaturated/α-hetero) is 1. The normalized spacial score (nSPS) is 10.7. The van der Waals surface area contributed by atoms with E-state index in [0.717, 1.165) is 24.4 Å². The number of hydrogen-bond donors (Lipinski definition) is 1. The van der Waals surface area contributed by atoms with Gasteiger partial charge in [-0.15, -0.1) is 11.3 Å². The van der Waals surface area contributed by atoms with E-state index in [1.807, 2.05) is 26.0 Å². The summed E-state index contributed by atoms with van der Waals surface area (Å²) in [6.45, 7) is 4.28. The van der Waals surface area contributed by atoms with Gasteiger partial charge in [-0.25, -0.2) is 14.8 Å². The van der Waals surface area contributed by atoms with Crippen LogP contribution in [0.25, 0.3) is 0 Å². The van der Waals surface area contributed by atoms with Gasteiger partial charge in [-0.3, -0.25) is 4.79 Å². The van der Waals surface area contributed by atoms with E-state index in [2.05, 4.69) is 26.0 Å². The number of carbonyl (C=O) groups excluding carboxylic acids is 2. The summed E-state index contributed by atoms with van der Waals surface area (Å²) in [7, 11) is 0. The predicted octanol–water partition coefficient (Wildman–Crippen LogP) is 2.82. The maximum Gasteiger partial charge on any atom is 0.361 e. The van der Waals surface area contributed by atoms with Crippen LogP contribution < -0.4 is 5.73 Å². The topological polar surface area (TPSA) is 100 Å². The fourth-order valence-electron chi connectivity index (χ4n) is 2.89. The van der Waals surface area contributed by atoms with Crippen LogP contribution in [0.3, 0.4) is 0 Å².